The summed E-state index contributed by atoms with van der Waals surface area (Å²) >= 11 is 0. The zero-order valence-electron chi connectivity index (χ0n) is 4.83. The smallest absolute Gasteiger partial charge is 0.293 e. The number of hydrogen-bond donors (Lipinski definition) is 0. The fraction of sp³-hybridized carbons (Fsp3) is 0.600. The summed E-state index contributed by atoms with van der Waals surface area (Å²) in [6.07, 6.45) is 0.259. The Morgan fingerprint density at radius 2 is 2.33 bits per heavy atom. The van der Waals surface area contributed by atoms with Crippen molar-refractivity contribution in [2.45, 2.75) is 12.8 Å². The van der Waals surface area contributed by atoms with Crippen molar-refractivity contribution in [3.05, 3.63) is 0 Å². The maximum Gasteiger partial charge on any atom is 0.293 e. The summed E-state index contributed by atoms with van der Waals surface area (Å²) < 4.78 is 4.21. The van der Waals surface area contributed by atoms with E-state index in [0.29, 0.717) is 6.42 Å². The summed E-state index contributed by atoms with van der Waals surface area (Å²) in [5.74, 6) is -1.12. The Kier molecular flexibility index (Phi) is 4.49. The molecule has 0 spiro atoms. The van der Waals surface area contributed by atoms with Gasteiger partial charge in [0.2, 0.25) is 0 Å². The SMILES string of the molecule is O=COCCCC(=O)[O-]. The van der Waals surface area contributed by atoms with E-state index < -0.39 is 5.97 Å². The molecule has 0 heterocycles. The Balaban J connectivity index is 2.91. The van der Waals surface area contributed by atoms with Crippen molar-refractivity contribution in [1.29, 1.82) is 0 Å². The van der Waals surface area contributed by atoms with E-state index in [0.717, 1.165) is 0 Å². The fourth-order valence-corrected chi connectivity index (χ4v) is 0.348. The zero-order chi connectivity index (χ0) is 7.11. The average Bonchev–Trinajstić information content (AvgIpc) is 1.80. The molecule has 0 aliphatic carbocycles. The Morgan fingerprint density at radius 3 is 2.78 bits per heavy atom. The van der Waals surface area contributed by atoms with Crippen molar-refractivity contribution in [3.8, 4) is 0 Å². The van der Waals surface area contributed by atoms with E-state index >= 15 is 0 Å². The van der Waals surface area contributed by atoms with Gasteiger partial charge in [-0.2, -0.15) is 0 Å². The van der Waals surface area contributed by atoms with E-state index in [1.807, 2.05) is 0 Å². The van der Waals surface area contributed by atoms with Crippen LogP contribution < -0.4 is 5.11 Å². The molecule has 9 heavy (non-hydrogen) atoms. The normalized spacial score (nSPS) is 8.44. The summed E-state index contributed by atoms with van der Waals surface area (Å²) in [4.78, 5) is 19.2. The van der Waals surface area contributed by atoms with Gasteiger partial charge in [-0.25, -0.2) is 0 Å². The first kappa shape index (κ1) is 7.94. The van der Waals surface area contributed by atoms with Crippen LogP contribution in [0, 0.1) is 0 Å². The van der Waals surface area contributed by atoms with Crippen LogP contribution in [0.1, 0.15) is 12.8 Å². The van der Waals surface area contributed by atoms with E-state index in [1.54, 1.807) is 0 Å². The molecular formula is C5H7O4-. The number of rotatable bonds is 5. The lowest BCUT2D eigenvalue weighted by Crippen LogP contribution is -2.22. The highest BCUT2D eigenvalue weighted by Gasteiger charge is 1.86. The second-order valence-corrected chi connectivity index (χ2v) is 1.44. The average molecular weight is 131 g/mol. The number of ether oxygens (including phenoxy) is 1. The molecule has 0 saturated heterocycles. The van der Waals surface area contributed by atoms with Gasteiger partial charge in [-0.1, -0.05) is 0 Å². The molecule has 0 aromatic carbocycles. The van der Waals surface area contributed by atoms with Gasteiger partial charge in [-0.05, 0) is 12.8 Å². The highest BCUT2D eigenvalue weighted by molar-refractivity contribution is 5.64. The highest BCUT2D eigenvalue weighted by atomic mass is 16.5. The first-order chi connectivity index (χ1) is 4.27. The van der Waals surface area contributed by atoms with Crippen LogP contribution in [0.3, 0.4) is 0 Å². The topological polar surface area (TPSA) is 66.4 Å². The van der Waals surface area contributed by atoms with Gasteiger partial charge in [-0.15, -0.1) is 0 Å². The molecule has 4 heteroatoms. The Bertz CT molecular complexity index is 99.1. The van der Waals surface area contributed by atoms with Crippen molar-refractivity contribution in [3.63, 3.8) is 0 Å². The highest BCUT2D eigenvalue weighted by Crippen LogP contribution is 1.85. The van der Waals surface area contributed by atoms with E-state index in [2.05, 4.69) is 4.74 Å². The van der Waals surface area contributed by atoms with Crippen LogP contribution in [-0.4, -0.2) is 19.0 Å². The molecule has 0 aromatic heterocycles. The Hall–Kier alpha value is -1.06. The monoisotopic (exact) mass is 131 g/mol. The third-order valence-corrected chi connectivity index (χ3v) is 0.711. The van der Waals surface area contributed by atoms with Crippen molar-refractivity contribution in [2.24, 2.45) is 0 Å². The number of aliphatic carboxylic acids is 1. The zero-order valence-corrected chi connectivity index (χ0v) is 4.83. The molecule has 52 valence electrons. The molecule has 0 amide bonds. The van der Waals surface area contributed by atoms with Crippen molar-refractivity contribution >= 4 is 12.4 Å². The molecule has 0 unspecified atom stereocenters. The van der Waals surface area contributed by atoms with Gasteiger partial charge >= 0.3 is 0 Å². The largest absolute Gasteiger partial charge is 0.550 e. The molecule has 0 saturated carbocycles. The number of carbonyl (C=O) groups excluding carboxylic acids is 2. The molecule has 0 atom stereocenters. The first-order valence-electron chi connectivity index (χ1n) is 2.52. The van der Waals surface area contributed by atoms with Crippen molar-refractivity contribution in [2.75, 3.05) is 6.61 Å². The molecule has 0 aliphatic rings. The van der Waals surface area contributed by atoms with E-state index in [-0.39, 0.29) is 19.5 Å². The summed E-state index contributed by atoms with van der Waals surface area (Å²) in [6.45, 7) is 0.437. The predicted octanol–water partition coefficient (Wildman–Crippen LogP) is -1.31. The second kappa shape index (κ2) is 5.08. The van der Waals surface area contributed by atoms with Crippen LogP contribution in [0.5, 0.6) is 0 Å². The van der Waals surface area contributed by atoms with Gasteiger partial charge < -0.3 is 14.6 Å². The van der Waals surface area contributed by atoms with Gasteiger partial charge in [-0.3, -0.25) is 4.79 Å². The molecule has 4 nitrogen and oxygen atoms in total. The van der Waals surface area contributed by atoms with E-state index in [9.17, 15) is 14.7 Å². The number of carboxylic acid groups (broad SMARTS) is 1. The van der Waals surface area contributed by atoms with Gasteiger partial charge in [0.05, 0.1) is 6.61 Å². The molecule has 0 N–H and O–H groups in total. The third kappa shape index (κ3) is 6.94. The summed E-state index contributed by atoms with van der Waals surface area (Å²) in [5, 5.41) is 9.71. The lowest BCUT2D eigenvalue weighted by molar-refractivity contribution is -0.305. The van der Waals surface area contributed by atoms with Gasteiger partial charge in [0.15, 0.2) is 0 Å². The maximum atomic E-state index is 9.71. The fourth-order valence-electron chi connectivity index (χ4n) is 0.348. The Labute approximate surface area is 52.4 Å². The van der Waals surface area contributed by atoms with Crippen LogP contribution in [0.15, 0.2) is 0 Å². The van der Waals surface area contributed by atoms with E-state index in [4.69, 9.17) is 0 Å². The minimum atomic E-state index is -1.12. The van der Waals surface area contributed by atoms with Crippen molar-refractivity contribution in [1.82, 2.24) is 0 Å². The summed E-state index contributed by atoms with van der Waals surface area (Å²) in [6, 6.07) is 0. The number of hydrogen-bond acceptors (Lipinski definition) is 4. The van der Waals surface area contributed by atoms with Crippen LogP contribution >= 0.6 is 0 Å². The Morgan fingerprint density at radius 1 is 1.67 bits per heavy atom. The van der Waals surface area contributed by atoms with Gasteiger partial charge in [0.1, 0.15) is 0 Å². The quantitative estimate of drug-likeness (QED) is 0.343. The van der Waals surface area contributed by atoms with Crippen LogP contribution in [0.2, 0.25) is 0 Å². The molecule has 0 radical (unpaired) electrons. The summed E-state index contributed by atoms with van der Waals surface area (Å²) in [5.41, 5.74) is 0. The minimum absolute atomic E-state index is 0.0617. The third-order valence-electron chi connectivity index (χ3n) is 0.711. The van der Waals surface area contributed by atoms with E-state index in [1.165, 1.54) is 0 Å². The maximum absolute atomic E-state index is 9.71. The molecule has 0 rings (SSSR count). The van der Waals surface area contributed by atoms with Crippen LogP contribution in [-0.2, 0) is 14.3 Å². The molecule has 0 fully saturated rings. The van der Waals surface area contributed by atoms with Crippen LogP contribution in [0.25, 0.3) is 0 Å². The number of carbonyl (C=O) groups is 2. The van der Waals surface area contributed by atoms with Gasteiger partial charge in [0, 0.05) is 5.97 Å². The minimum Gasteiger partial charge on any atom is -0.550 e. The lowest BCUT2D eigenvalue weighted by atomic mass is 10.3. The standard InChI is InChI=1S/C5H8O4/c6-4-9-3-1-2-5(7)8/h4H,1-3H2,(H,7,8)/p-1. The lowest BCUT2D eigenvalue weighted by Gasteiger charge is -1.98. The first-order valence-corrected chi connectivity index (χ1v) is 2.52. The predicted molar refractivity (Wildman–Crippen MR) is 26.3 cm³/mol. The molecular weight excluding hydrogens is 124 g/mol. The number of carboxylic acids is 1. The van der Waals surface area contributed by atoms with Gasteiger partial charge in [0.25, 0.3) is 6.47 Å². The molecule has 0 aliphatic heterocycles. The summed E-state index contributed by atoms with van der Waals surface area (Å²) in [7, 11) is 0. The molecule has 0 aromatic rings. The molecule has 0 bridgehead atoms. The second-order valence-electron chi connectivity index (χ2n) is 1.44. The van der Waals surface area contributed by atoms with Crippen LogP contribution in [0.4, 0.5) is 0 Å². The van der Waals surface area contributed by atoms with Crippen molar-refractivity contribution < 1.29 is 19.4 Å².